The third-order valence-corrected chi connectivity index (χ3v) is 3.62. The number of rotatable bonds is 5. The number of nitrogens with zero attached hydrogens (tertiary/aromatic N) is 2. The predicted molar refractivity (Wildman–Crippen MR) is 76.2 cm³/mol. The van der Waals surface area contributed by atoms with Crippen molar-refractivity contribution in [1.29, 1.82) is 0 Å². The van der Waals surface area contributed by atoms with Crippen molar-refractivity contribution < 1.29 is 14.7 Å². The molecule has 1 aromatic carbocycles. The molecule has 0 bridgehead atoms. The summed E-state index contributed by atoms with van der Waals surface area (Å²) in [5.41, 5.74) is 7.39. The maximum atomic E-state index is 8.83. The zero-order valence-electron chi connectivity index (χ0n) is 11.9. The lowest BCUT2D eigenvalue weighted by Crippen LogP contribution is -2.23. The number of benzene rings is 1. The minimum absolute atomic E-state index is 0.0555. The van der Waals surface area contributed by atoms with Gasteiger partial charge in [0.1, 0.15) is 5.75 Å². The number of amidine groups is 1. The molecule has 1 unspecified atom stereocenters. The Morgan fingerprint density at radius 1 is 1.50 bits per heavy atom. The second-order valence-corrected chi connectivity index (χ2v) is 4.90. The van der Waals surface area contributed by atoms with Crippen LogP contribution in [0.5, 0.6) is 5.75 Å². The van der Waals surface area contributed by atoms with Crippen LogP contribution in [0.3, 0.4) is 0 Å². The van der Waals surface area contributed by atoms with Crippen molar-refractivity contribution in [1.82, 2.24) is 4.90 Å². The van der Waals surface area contributed by atoms with E-state index in [0.29, 0.717) is 17.4 Å². The van der Waals surface area contributed by atoms with E-state index in [0.717, 1.165) is 31.6 Å². The van der Waals surface area contributed by atoms with E-state index in [1.54, 1.807) is 14.2 Å². The van der Waals surface area contributed by atoms with Crippen LogP contribution >= 0.6 is 0 Å². The maximum Gasteiger partial charge on any atom is 0.173 e. The van der Waals surface area contributed by atoms with Crippen LogP contribution in [0.25, 0.3) is 0 Å². The molecular formula is C14H21N3O3. The fourth-order valence-corrected chi connectivity index (χ4v) is 2.50. The Hall–Kier alpha value is -1.79. The Morgan fingerprint density at radius 3 is 2.90 bits per heavy atom. The number of ether oxygens (including phenoxy) is 2. The fraction of sp³-hybridized carbons (Fsp3) is 0.500. The monoisotopic (exact) mass is 279 g/mol. The first kappa shape index (κ1) is 14.6. The Labute approximate surface area is 118 Å². The normalized spacial score (nSPS) is 20.3. The molecule has 0 spiro atoms. The summed E-state index contributed by atoms with van der Waals surface area (Å²) in [6.07, 6.45) is 1.37. The summed E-state index contributed by atoms with van der Waals surface area (Å²) in [6, 6.07) is 5.73. The molecule has 1 aliphatic rings. The van der Waals surface area contributed by atoms with Gasteiger partial charge in [-0.05, 0) is 24.1 Å². The summed E-state index contributed by atoms with van der Waals surface area (Å²) in [4.78, 5) is 2.33. The highest BCUT2D eigenvalue weighted by Crippen LogP contribution is 2.22. The fourth-order valence-electron chi connectivity index (χ4n) is 2.50. The van der Waals surface area contributed by atoms with Gasteiger partial charge in [-0.3, -0.25) is 4.90 Å². The third-order valence-electron chi connectivity index (χ3n) is 3.62. The van der Waals surface area contributed by atoms with E-state index in [-0.39, 0.29) is 5.84 Å². The second-order valence-electron chi connectivity index (χ2n) is 4.90. The standard InChI is InChI=1S/C14H21N3O3/c1-19-11-5-6-17(9-11)8-10-3-4-13(20-2)12(7-10)14(15)16-18/h3-4,7,11,18H,5-6,8-9H2,1-2H3,(H2,15,16). The Morgan fingerprint density at radius 2 is 2.30 bits per heavy atom. The summed E-state index contributed by atoms with van der Waals surface area (Å²) in [5.74, 6) is 0.653. The quantitative estimate of drug-likeness (QED) is 0.364. The highest BCUT2D eigenvalue weighted by molar-refractivity contribution is 5.99. The number of oxime groups is 1. The van der Waals surface area contributed by atoms with Crippen molar-refractivity contribution >= 4 is 5.84 Å². The summed E-state index contributed by atoms with van der Waals surface area (Å²) in [5, 5.41) is 11.9. The Balaban J connectivity index is 2.13. The molecule has 0 aliphatic carbocycles. The highest BCUT2D eigenvalue weighted by atomic mass is 16.5. The summed E-state index contributed by atoms with van der Waals surface area (Å²) >= 11 is 0. The van der Waals surface area contributed by atoms with Crippen LogP contribution in [0.2, 0.25) is 0 Å². The van der Waals surface area contributed by atoms with E-state index < -0.39 is 0 Å². The van der Waals surface area contributed by atoms with E-state index >= 15 is 0 Å². The topological polar surface area (TPSA) is 80.3 Å². The van der Waals surface area contributed by atoms with Gasteiger partial charge in [0.15, 0.2) is 5.84 Å². The van der Waals surface area contributed by atoms with Gasteiger partial charge in [-0.1, -0.05) is 11.2 Å². The second kappa shape index (κ2) is 6.58. The Bertz CT molecular complexity index is 491. The lowest BCUT2D eigenvalue weighted by Gasteiger charge is -2.17. The summed E-state index contributed by atoms with van der Waals surface area (Å²) < 4.78 is 10.6. The molecule has 1 fully saturated rings. The van der Waals surface area contributed by atoms with Gasteiger partial charge < -0.3 is 20.4 Å². The molecule has 0 saturated carbocycles. The molecule has 1 heterocycles. The molecule has 110 valence electrons. The van der Waals surface area contributed by atoms with Crippen LogP contribution in [0.15, 0.2) is 23.4 Å². The van der Waals surface area contributed by atoms with Gasteiger partial charge in [0.05, 0.1) is 18.8 Å². The molecule has 1 aromatic rings. The van der Waals surface area contributed by atoms with Gasteiger partial charge in [-0.15, -0.1) is 0 Å². The van der Waals surface area contributed by atoms with Crippen LogP contribution in [0.1, 0.15) is 17.5 Å². The third kappa shape index (κ3) is 3.20. The summed E-state index contributed by atoms with van der Waals surface area (Å²) in [7, 11) is 3.31. The van der Waals surface area contributed by atoms with E-state index in [9.17, 15) is 0 Å². The lowest BCUT2D eigenvalue weighted by atomic mass is 10.1. The van der Waals surface area contributed by atoms with Crippen LogP contribution < -0.4 is 10.5 Å². The number of nitrogens with two attached hydrogens (primary N) is 1. The minimum Gasteiger partial charge on any atom is -0.496 e. The SMILES string of the molecule is COc1ccc(CN2CCC(OC)C2)cc1/C(N)=N/O. The molecule has 2 rings (SSSR count). The zero-order chi connectivity index (χ0) is 14.5. The van der Waals surface area contributed by atoms with Gasteiger partial charge in [0, 0.05) is 26.7 Å². The number of hydrogen-bond donors (Lipinski definition) is 2. The van der Waals surface area contributed by atoms with Crippen LogP contribution in [0.4, 0.5) is 0 Å². The molecular weight excluding hydrogens is 258 g/mol. The molecule has 0 aromatic heterocycles. The van der Waals surface area contributed by atoms with Gasteiger partial charge >= 0.3 is 0 Å². The smallest absolute Gasteiger partial charge is 0.173 e. The van der Waals surface area contributed by atoms with Crippen molar-refractivity contribution in [3.8, 4) is 5.75 Å². The first-order chi connectivity index (χ1) is 9.67. The van der Waals surface area contributed by atoms with E-state index in [1.807, 2.05) is 18.2 Å². The van der Waals surface area contributed by atoms with Crippen molar-refractivity contribution in [2.75, 3.05) is 27.3 Å². The largest absolute Gasteiger partial charge is 0.496 e. The van der Waals surface area contributed by atoms with Gasteiger partial charge in [0.2, 0.25) is 0 Å². The molecule has 3 N–H and O–H groups in total. The van der Waals surface area contributed by atoms with Crippen LogP contribution in [0, 0.1) is 0 Å². The van der Waals surface area contributed by atoms with Gasteiger partial charge in [-0.25, -0.2) is 0 Å². The lowest BCUT2D eigenvalue weighted by molar-refractivity contribution is 0.107. The average molecular weight is 279 g/mol. The van der Waals surface area contributed by atoms with Crippen LogP contribution in [-0.2, 0) is 11.3 Å². The number of hydrogen-bond acceptors (Lipinski definition) is 5. The molecule has 1 atom stereocenters. The van der Waals surface area contributed by atoms with Gasteiger partial charge in [0.25, 0.3) is 0 Å². The molecule has 6 heteroatoms. The summed E-state index contributed by atoms with van der Waals surface area (Å²) in [6.45, 7) is 2.76. The highest BCUT2D eigenvalue weighted by Gasteiger charge is 2.22. The molecule has 0 amide bonds. The Kier molecular flexibility index (Phi) is 4.81. The van der Waals surface area contributed by atoms with E-state index in [1.165, 1.54) is 0 Å². The molecule has 1 aliphatic heterocycles. The van der Waals surface area contributed by atoms with Crippen molar-refractivity contribution in [2.45, 2.75) is 19.1 Å². The first-order valence-electron chi connectivity index (χ1n) is 6.58. The van der Waals surface area contributed by atoms with Crippen molar-refractivity contribution in [2.24, 2.45) is 10.9 Å². The van der Waals surface area contributed by atoms with E-state index in [2.05, 4.69) is 10.1 Å². The first-order valence-corrected chi connectivity index (χ1v) is 6.58. The number of likely N-dealkylation sites (tertiary alicyclic amines) is 1. The average Bonchev–Trinajstić information content (AvgIpc) is 2.94. The van der Waals surface area contributed by atoms with E-state index in [4.69, 9.17) is 20.4 Å². The van der Waals surface area contributed by atoms with Crippen LogP contribution in [-0.4, -0.2) is 49.4 Å². The number of methoxy groups -OCH3 is 2. The minimum atomic E-state index is 0.0555. The molecule has 6 nitrogen and oxygen atoms in total. The van der Waals surface area contributed by atoms with Gasteiger partial charge in [-0.2, -0.15) is 0 Å². The maximum absolute atomic E-state index is 8.83. The predicted octanol–water partition coefficient (Wildman–Crippen LogP) is 1.01. The molecule has 1 saturated heterocycles. The van der Waals surface area contributed by atoms with Crippen molar-refractivity contribution in [3.63, 3.8) is 0 Å². The molecule has 0 radical (unpaired) electrons. The molecule has 20 heavy (non-hydrogen) atoms. The van der Waals surface area contributed by atoms with Crippen molar-refractivity contribution in [3.05, 3.63) is 29.3 Å². The zero-order valence-corrected chi connectivity index (χ0v) is 11.9.